The van der Waals surface area contributed by atoms with Crippen molar-refractivity contribution in [2.24, 2.45) is 0 Å². The number of carbonyl (C=O) groups is 2. The molecule has 0 saturated carbocycles. The summed E-state index contributed by atoms with van der Waals surface area (Å²) in [6, 6.07) is 11.9. The van der Waals surface area contributed by atoms with Gasteiger partial charge in [-0.05, 0) is 30.3 Å². The molecule has 0 aliphatic heterocycles. The second-order valence-electron chi connectivity index (χ2n) is 4.33. The predicted molar refractivity (Wildman–Crippen MR) is 78.3 cm³/mol. The Hall–Kier alpha value is -2.89. The van der Waals surface area contributed by atoms with Gasteiger partial charge in [-0.1, -0.05) is 18.2 Å². The molecule has 0 aliphatic rings. The van der Waals surface area contributed by atoms with E-state index in [0.717, 1.165) is 0 Å². The fraction of sp³-hybridized carbons (Fsp3) is 0.125. The van der Waals surface area contributed by atoms with Crippen molar-refractivity contribution < 1.29 is 23.5 Å². The van der Waals surface area contributed by atoms with E-state index in [9.17, 15) is 14.0 Å². The number of rotatable bonds is 5. The van der Waals surface area contributed by atoms with E-state index in [1.165, 1.54) is 37.4 Å². The summed E-state index contributed by atoms with van der Waals surface area (Å²) in [4.78, 5) is 23.6. The molecule has 0 spiro atoms. The lowest BCUT2D eigenvalue weighted by atomic mass is 10.2. The number of halogens is 1. The average Bonchev–Trinajstić information content (AvgIpc) is 2.52. The van der Waals surface area contributed by atoms with Gasteiger partial charge < -0.3 is 14.8 Å². The highest BCUT2D eigenvalue weighted by Crippen LogP contribution is 2.18. The van der Waals surface area contributed by atoms with Crippen LogP contribution in [-0.4, -0.2) is 25.6 Å². The Morgan fingerprint density at radius 2 is 1.91 bits per heavy atom. The maximum absolute atomic E-state index is 13.0. The number of esters is 1. The van der Waals surface area contributed by atoms with Crippen LogP contribution in [0.4, 0.5) is 10.1 Å². The Labute approximate surface area is 126 Å². The van der Waals surface area contributed by atoms with Crippen molar-refractivity contribution in [2.75, 3.05) is 19.0 Å². The molecule has 0 atom stereocenters. The number of hydrogen-bond donors (Lipinski definition) is 1. The van der Waals surface area contributed by atoms with Crippen LogP contribution in [0.15, 0.2) is 48.5 Å². The molecule has 1 amide bonds. The third kappa shape index (κ3) is 4.05. The number of anilines is 1. The lowest BCUT2D eigenvalue weighted by Gasteiger charge is -2.09. The van der Waals surface area contributed by atoms with Gasteiger partial charge in [0.25, 0.3) is 5.91 Å². The van der Waals surface area contributed by atoms with Crippen LogP contribution in [-0.2, 0) is 9.53 Å². The van der Waals surface area contributed by atoms with E-state index in [1.807, 2.05) is 0 Å². The molecule has 22 heavy (non-hydrogen) atoms. The van der Waals surface area contributed by atoms with Crippen LogP contribution >= 0.6 is 0 Å². The van der Waals surface area contributed by atoms with E-state index >= 15 is 0 Å². The zero-order valence-corrected chi connectivity index (χ0v) is 11.8. The van der Waals surface area contributed by atoms with Crippen molar-refractivity contribution in [1.82, 2.24) is 0 Å². The van der Waals surface area contributed by atoms with Gasteiger partial charge in [0.2, 0.25) is 0 Å². The lowest BCUT2D eigenvalue weighted by Crippen LogP contribution is -2.21. The molecule has 0 aliphatic carbocycles. The summed E-state index contributed by atoms with van der Waals surface area (Å²) in [6.07, 6.45) is 0. The number of ether oxygens (including phenoxy) is 2. The molecule has 0 unspecified atom stereocenters. The molecule has 2 aromatic rings. The molecular weight excluding hydrogens is 289 g/mol. The number of para-hydroxylation sites is 1. The molecule has 5 nitrogen and oxygen atoms in total. The van der Waals surface area contributed by atoms with Gasteiger partial charge in [0, 0.05) is 5.69 Å². The zero-order chi connectivity index (χ0) is 15.9. The van der Waals surface area contributed by atoms with Crippen LogP contribution < -0.4 is 10.1 Å². The first-order chi connectivity index (χ1) is 10.6. The van der Waals surface area contributed by atoms with E-state index in [4.69, 9.17) is 9.47 Å². The first kappa shape index (κ1) is 15.5. The number of hydrogen-bond acceptors (Lipinski definition) is 4. The molecule has 0 radical (unpaired) electrons. The van der Waals surface area contributed by atoms with Crippen LogP contribution in [0, 0.1) is 5.82 Å². The third-order valence-corrected chi connectivity index (χ3v) is 2.77. The molecule has 2 rings (SSSR count). The summed E-state index contributed by atoms with van der Waals surface area (Å²) in [5.41, 5.74) is 0.516. The Morgan fingerprint density at radius 1 is 1.14 bits per heavy atom. The molecule has 6 heteroatoms. The minimum atomic E-state index is -0.674. The number of carbonyl (C=O) groups excluding carboxylic acids is 2. The van der Waals surface area contributed by atoms with E-state index in [2.05, 4.69) is 5.32 Å². The summed E-state index contributed by atoms with van der Waals surface area (Å²) in [5.74, 6) is -1.34. The first-order valence-corrected chi connectivity index (χ1v) is 6.45. The van der Waals surface area contributed by atoms with E-state index in [0.29, 0.717) is 11.4 Å². The van der Waals surface area contributed by atoms with Gasteiger partial charge >= 0.3 is 5.97 Å². The van der Waals surface area contributed by atoms with Gasteiger partial charge in [-0.2, -0.15) is 0 Å². The van der Waals surface area contributed by atoms with Crippen molar-refractivity contribution in [2.45, 2.75) is 0 Å². The Bertz CT molecular complexity index is 687. The van der Waals surface area contributed by atoms with Crippen molar-refractivity contribution in [3.05, 3.63) is 59.9 Å². The highest BCUT2D eigenvalue weighted by molar-refractivity contribution is 5.96. The number of methoxy groups -OCH3 is 1. The van der Waals surface area contributed by atoms with E-state index in [1.54, 1.807) is 18.2 Å². The second-order valence-corrected chi connectivity index (χ2v) is 4.33. The smallest absolute Gasteiger partial charge is 0.342 e. The molecule has 0 bridgehead atoms. The zero-order valence-electron chi connectivity index (χ0n) is 11.8. The SMILES string of the molecule is COc1ccccc1C(=O)OCC(=O)Nc1cccc(F)c1. The summed E-state index contributed by atoms with van der Waals surface area (Å²) in [5, 5.41) is 2.43. The monoisotopic (exact) mass is 303 g/mol. The van der Waals surface area contributed by atoms with Crippen molar-refractivity contribution in [1.29, 1.82) is 0 Å². The van der Waals surface area contributed by atoms with E-state index < -0.39 is 24.3 Å². The Balaban J connectivity index is 1.92. The molecule has 0 saturated heterocycles. The second kappa shape index (κ2) is 7.21. The summed E-state index contributed by atoms with van der Waals surface area (Å²) in [6.45, 7) is -0.479. The van der Waals surface area contributed by atoms with Crippen molar-refractivity contribution in [3.8, 4) is 5.75 Å². The highest BCUT2D eigenvalue weighted by Gasteiger charge is 2.14. The van der Waals surface area contributed by atoms with Gasteiger partial charge in [-0.15, -0.1) is 0 Å². The molecule has 0 aromatic heterocycles. The Kier molecular flexibility index (Phi) is 5.08. The van der Waals surface area contributed by atoms with Crippen molar-refractivity contribution >= 4 is 17.6 Å². The van der Waals surface area contributed by atoms with Crippen LogP contribution in [0.1, 0.15) is 10.4 Å². The summed E-state index contributed by atoms with van der Waals surface area (Å²) < 4.78 is 22.9. The van der Waals surface area contributed by atoms with Gasteiger partial charge in [0.05, 0.1) is 7.11 Å². The maximum Gasteiger partial charge on any atom is 0.342 e. The van der Waals surface area contributed by atoms with Crippen LogP contribution in [0.2, 0.25) is 0 Å². The van der Waals surface area contributed by atoms with Crippen LogP contribution in [0.25, 0.3) is 0 Å². The van der Waals surface area contributed by atoms with Crippen molar-refractivity contribution in [3.63, 3.8) is 0 Å². The van der Waals surface area contributed by atoms with Gasteiger partial charge in [-0.3, -0.25) is 4.79 Å². The number of amides is 1. The number of benzene rings is 2. The molecular formula is C16H14FNO4. The molecule has 1 N–H and O–H groups in total. The molecule has 0 fully saturated rings. The predicted octanol–water partition coefficient (Wildman–Crippen LogP) is 2.63. The fourth-order valence-corrected chi connectivity index (χ4v) is 1.79. The largest absolute Gasteiger partial charge is 0.496 e. The van der Waals surface area contributed by atoms with E-state index in [-0.39, 0.29) is 5.56 Å². The number of nitrogens with one attached hydrogen (secondary N) is 1. The van der Waals surface area contributed by atoms with Gasteiger partial charge in [0.15, 0.2) is 6.61 Å². The van der Waals surface area contributed by atoms with Gasteiger partial charge in [0.1, 0.15) is 17.1 Å². The van der Waals surface area contributed by atoms with Gasteiger partial charge in [-0.25, -0.2) is 9.18 Å². The normalized spacial score (nSPS) is 9.91. The topological polar surface area (TPSA) is 64.6 Å². The fourth-order valence-electron chi connectivity index (χ4n) is 1.79. The lowest BCUT2D eigenvalue weighted by molar-refractivity contribution is -0.119. The third-order valence-electron chi connectivity index (χ3n) is 2.77. The highest BCUT2D eigenvalue weighted by atomic mass is 19.1. The Morgan fingerprint density at radius 3 is 2.64 bits per heavy atom. The quantitative estimate of drug-likeness (QED) is 0.862. The van der Waals surface area contributed by atoms with Crippen LogP contribution in [0.5, 0.6) is 5.75 Å². The first-order valence-electron chi connectivity index (χ1n) is 6.45. The van der Waals surface area contributed by atoms with Crippen LogP contribution in [0.3, 0.4) is 0 Å². The summed E-state index contributed by atoms with van der Waals surface area (Å²) >= 11 is 0. The molecule has 2 aromatic carbocycles. The average molecular weight is 303 g/mol. The molecule has 114 valence electrons. The minimum Gasteiger partial charge on any atom is -0.496 e. The maximum atomic E-state index is 13.0. The summed E-state index contributed by atoms with van der Waals surface area (Å²) in [7, 11) is 1.43. The minimum absolute atomic E-state index is 0.226. The molecule has 0 heterocycles. The standard InChI is InChI=1S/C16H14FNO4/c1-21-14-8-3-2-7-13(14)16(20)22-10-15(19)18-12-6-4-5-11(17)9-12/h2-9H,10H2,1H3,(H,18,19).